The Morgan fingerprint density at radius 2 is 1.72 bits per heavy atom. The summed E-state index contributed by atoms with van der Waals surface area (Å²) in [5, 5.41) is 0. The number of hydrogen-bond donors (Lipinski definition) is 0. The van der Waals surface area contributed by atoms with E-state index >= 15 is 0 Å². The number of hydrogen-bond acceptors (Lipinski definition) is 2. The van der Waals surface area contributed by atoms with Gasteiger partial charge in [0, 0.05) is 5.56 Å². The Bertz CT molecular complexity index is 886. The maximum Gasteiger partial charge on any atom is 0.343 e. The Labute approximate surface area is 148 Å². The standard InChI is InChI=1S/C23H20O2/c24-23-21(12-6-9-17-7-2-1-3-8-17)16-22(25-23)20-14-13-18-10-4-5-11-19(18)15-20/h1-3,6-9,12-16H,4-5,10-11H2/b9-6+,21-12-. The largest absolute Gasteiger partial charge is 0.422 e. The van der Waals surface area contributed by atoms with E-state index in [1.807, 2.05) is 48.6 Å². The lowest BCUT2D eigenvalue weighted by Crippen LogP contribution is -2.03. The third-order valence-corrected chi connectivity index (χ3v) is 4.72. The van der Waals surface area contributed by atoms with Crippen LogP contribution in [0.2, 0.25) is 0 Å². The van der Waals surface area contributed by atoms with Gasteiger partial charge in [0.1, 0.15) is 5.76 Å². The van der Waals surface area contributed by atoms with Gasteiger partial charge >= 0.3 is 5.97 Å². The Morgan fingerprint density at radius 1 is 0.920 bits per heavy atom. The van der Waals surface area contributed by atoms with E-state index in [0.29, 0.717) is 11.3 Å². The second kappa shape index (κ2) is 6.94. The van der Waals surface area contributed by atoms with E-state index in [1.165, 1.54) is 24.0 Å². The summed E-state index contributed by atoms with van der Waals surface area (Å²) in [7, 11) is 0. The Hall–Kier alpha value is -2.87. The Morgan fingerprint density at radius 3 is 2.56 bits per heavy atom. The molecule has 2 aromatic rings. The lowest BCUT2D eigenvalue weighted by atomic mass is 9.90. The fourth-order valence-electron chi connectivity index (χ4n) is 3.36. The first kappa shape index (κ1) is 15.6. The molecule has 1 aliphatic carbocycles. The SMILES string of the molecule is O=C1OC(c2ccc3c(c2)CCCC3)=C/C1=C/C=C/c1ccccc1. The molecule has 0 amide bonds. The quantitative estimate of drug-likeness (QED) is 0.578. The van der Waals surface area contributed by atoms with Crippen LogP contribution in [-0.4, -0.2) is 5.97 Å². The first-order valence-corrected chi connectivity index (χ1v) is 8.79. The molecular formula is C23H20O2. The summed E-state index contributed by atoms with van der Waals surface area (Å²) in [4.78, 5) is 12.1. The van der Waals surface area contributed by atoms with Crippen LogP contribution in [-0.2, 0) is 22.4 Å². The van der Waals surface area contributed by atoms with Crippen molar-refractivity contribution in [2.24, 2.45) is 0 Å². The first-order valence-electron chi connectivity index (χ1n) is 8.79. The molecule has 0 atom stereocenters. The zero-order valence-corrected chi connectivity index (χ0v) is 14.1. The number of rotatable bonds is 3. The summed E-state index contributed by atoms with van der Waals surface area (Å²) in [6.45, 7) is 0. The van der Waals surface area contributed by atoms with Crippen LogP contribution in [0.25, 0.3) is 11.8 Å². The van der Waals surface area contributed by atoms with E-state index in [4.69, 9.17) is 4.74 Å². The zero-order chi connectivity index (χ0) is 17.1. The molecule has 25 heavy (non-hydrogen) atoms. The molecule has 0 aromatic heterocycles. The molecule has 124 valence electrons. The number of carbonyl (C=O) groups excluding carboxylic acids is 1. The minimum Gasteiger partial charge on any atom is -0.422 e. The molecule has 2 aromatic carbocycles. The molecule has 0 saturated carbocycles. The fraction of sp³-hybridized carbons (Fsp3) is 0.174. The number of carbonyl (C=O) groups is 1. The smallest absolute Gasteiger partial charge is 0.343 e. The van der Waals surface area contributed by atoms with Crippen molar-refractivity contribution in [2.45, 2.75) is 25.7 Å². The van der Waals surface area contributed by atoms with Gasteiger partial charge in [-0.05, 0) is 60.6 Å². The summed E-state index contributed by atoms with van der Waals surface area (Å²) in [5.74, 6) is 0.364. The number of allylic oxidation sites excluding steroid dienone is 2. The fourth-order valence-corrected chi connectivity index (χ4v) is 3.36. The van der Waals surface area contributed by atoms with Crippen LogP contribution >= 0.6 is 0 Å². The number of benzene rings is 2. The molecule has 0 N–H and O–H groups in total. The predicted molar refractivity (Wildman–Crippen MR) is 101 cm³/mol. The number of esters is 1. The van der Waals surface area contributed by atoms with Crippen LogP contribution in [0.3, 0.4) is 0 Å². The second-order valence-electron chi connectivity index (χ2n) is 6.48. The van der Waals surface area contributed by atoms with Crippen LogP contribution in [0, 0.1) is 0 Å². The Kier molecular flexibility index (Phi) is 4.34. The van der Waals surface area contributed by atoms with Gasteiger partial charge in [0.05, 0.1) is 5.57 Å². The summed E-state index contributed by atoms with van der Waals surface area (Å²) in [5.41, 5.74) is 5.50. The highest BCUT2D eigenvalue weighted by molar-refractivity contribution is 6.01. The molecule has 0 saturated heterocycles. The van der Waals surface area contributed by atoms with Gasteiger partial charge in [-0.1, -0.05) is 54.6 Å². The summed E-state index contributed by atoms with van der Waals surface area (Å²) in [6, 6.07) is 16.4. The van der Waals surface area contributed by atoms with Gasteiger partial charge in [0.25, 0.3) is 0 Å². The lowest BCUT2D eigenvalue weighted by molar-refractivity contribution is -0.130. The third-order valence-electron chi connectivity index (χ3n) is 4.72. The molecule has 2 heteroatoms. The molecule has 4 rings (SSSR count). The van der Waals surface area contributed by atoms with E-state index in [1.54, 1.807) is 6.08 Å². The lowest BCUT2D eigenvalue weighted by Gasteiger charge is -2.16. The van der Waals surface area contributed by atoms with E-state index in [-0.39, 0.29) is 5.97 Å². The monoisotopic (exact) mass is 328 g/mol. The second-order valence-corrected chi connectivity index (χ2v) is 6.48. The van der Waals surface area contributed by atoms with Crippen LogP contribution in [0.1, 0.15) is 35.1 Å². The zero-order valence-electron chi connectivity index (χ0n) is 14.1. The minimum absolute atomic E-state index is 0.287. The van der Waals surface area contributed by atoms with E-state index < -0.39 is 0 Å². The van der Waals surface area contributed by atoms with Gasteiger partial charge in [-0.3, -0.25) is 0 Å². The molecule has 0 unspecified atom stereocenters. The van der Waals surface area contributed by atoms with Crippen LogP contribution in [0.5, 0.6) is 0 Å². The van der Waals surface area contributed by atoms with Crippen molar-refractivity contribution in [3.63, 3.8) is 0 Å². The van der Waals surface area contributed by atoms with Crippen LogP contribution in [0.4, 0.5) is 0 Å². The first-order chi connectivity index (χ1) is 12.3. The molecule has 2 nitrogen and oxygen atoms in total. The maximum absolute atomic E-state index is 12.1. The van der Waals surface area contributed by atoms with E-state index in [9.17, 15) is 4.79 Å². The molecule has 0 fully saturated rings. The molecule has 1 aliphatic heterocycles. The summed E-state index contributed by atoms with van der Waals surface area (Å²) >= 11 is 0. The highest BCUT2D eigenvalue weighted by Crippen LogP contribution is 2.30. The van der Waals surface area contributed by atoms with Crippen LogP contribution in [0.15, 0.2) is 72.3 Å². The van der Waals surface area contributed by atoms with Gasteiger partial charge in [0.15, 0.2) is 0 Å². The third kappa shape index (κ3) is 3.48. The average molecular weight is 328 g/mol. The molecule has 2 aliphatic rings. The van der Waals surface area contributed by atoms with Crippen molar-refractivity contribution in [2.75, 3.05) is 0 Å². The number of fused-ring (bicyclic) bond motifs is 1. The normalized spacial score (nSPS) is 18.3. The van der Waals surface area contributed by atoms with Gasteiger partial charge in [-0.25, -0.2) is 4.79 Å². The van der Waals surface area contributed by atoms with Crippen molar-refractivity contribution >= 4 is 17.8 Å². The molecular weight excluding hydrogens is 308 g/mol. The number of ether oxygens (including phenoxy) is 1. The van der Waals surface area contributed by atoms with Crippen molar-refractivity contribution in [3.8, 4) is 0 Å². The minimum atomic E-state index is -0.287. The molecule has 0 spiro atoms. The predicted octanol–water partition coefficient (Wildman–Crippen LogP) is 5.10. The molecule has 0 radical (unpaired) electrons. The van der Waals surface area contributed by atoms with Crippen LogP contribution < -0.4 is 0 Å². The summed E-state index contributed by atoms with van der Waals surface area (Å²) in [6.07, 6.45) is 12.3. The van der Waals surface area contributed by atoms with E-state index in [0.717, 1.165) is 24.0 Å². The van der Waals surface area contributed by atoms with Crippen molar-refractivity contribution < 1.29 is 9.53 Å². The van der Waals surface area contributed by atoms with E-state index in [2.05, 4.69) is 18.2 Å². The highest BCUT2D eigenvalue weighted by Gasteiger charge is 2.22. The van der Waals surface area contributed by atoms with Gasteiger partial charge in [-0.15, -0.1) is 0 Å². The van der Waals surface area contributed by atoms with Gasteiger partial charge in [-0.2, -0.15) is 0 Å². The molecule has 1 heterocycles. The Balaban J connectivity index is 1.56. The topological polar surface area (TPSA) is 26.3 Å². The molecule has 0 bridgehead atoms. The van der Waals surface area contributed by atoms with Gasteiger partial charge in [0.2, 0.25) is 0 Å². The van der Waals surface area contributed by atoms with Crippen molar-refractivity contribution in [1.82, 2.24) is 0 Å². The number of aryl methyl sites for hydroxylation is 2. The maximum atomic E-state index is 12.1. The van der Waals surface area contributed by atoms with Crippen molar-refractivity contribution in [3.05, 3.63) is 94.6 Å². The number of cyclic esters (lactones) is 1. The van der Waals surface area contributed by atoms with Crippen molar-refractivity contribution in [1.29, 1.82) is 0 Å². The highest BCUT2D eigenvalue weighted by atomic mass is 16.5. The summed E-state index contributed by atoms with van der Waals surface area (Å²) < 4.78 is 5.47. The average Bonchev–Trinajstić information content (AvgIpc) is 3.03. The van der Waals surface area contributed by atoms with Gasteiger partial charge < -0.3 is 4.74 Å².